The molecule has 1 rings (SSSR count). The standard InChI is InChI=1S/C11H20ClN3O/c1-4-16-6-5-9(13)7-10-11(12)8(2)14-15(10)3/h9H,4-7,13H2,1-3H3. The van der Waals surface area contributed by atoms with E-state index >= 15 is 0 Å². The molecule has 0 saturated carbocycles. The van der Waals surface area contributed by atoms with Crippen molar-refractivity contribution in [1.82, 2.24) is 9.78 Å². The van der Waals surface area contributed by atoms with Crippen LogP contribution < -0.4 is 5.73 Å². The number of hydrogen-bond donors (Lipinski definition) is 1. The molecule has 0 amide bonds. The molecule has 1 heterocycles. The number of hydrogen-bond acceptors (Lipinski definition) is 3. The molecule has 0 radical (unpaired) electrons. The van der Waals surface area contributed by atoms with Gasteiger partial charge in [-0.2, -0.15) is 5.10 Å². The fourth-order valence-corrected chi connectivity index (χ4v) is 1.87. The highest BCUT2D eigenvalue weighted by Crippen LogP contribution is 2.20. The van der Waals surface area contributed by atoms with Gasteiger partial charge in [0.15, 0.2) is 0 Å². The van der Waals surface area contributed by atoms with Crippen LogP contribution >= 0.6 is 11.6 Å². The first-order valence-corrected chi connectivity index (χ1v) is 5.95. The van der Waals surface area contributed by atoms with Crippen molar-refractivity contribution >= 4 is 11.6 Å². The van der Waals surface area contributed by atoms with Gasteiger partial charge in [-0.05, 0) is 20.3 Å². The maximum atomic E-state index is 6.15. The number of nitrogens with zero attached hydrogens (tertiary/aromatic N) is 2. The van der Waals surface area contributed by atoms with Gasteiger partial charge in [-0.3, -0.25) is 4.68 Å². The third-order valence-electron chi connectivity index (χ3n) is 2.55. The van der Waals surface area contributed by atoms with Crippen molar-refractivity contribution in [1.29, 1.82) is 0 Å². The minimum absolute atomic E-state index is 0.0684. The summed E-state index contributed by atoms with van der Waals surface area (Å²) >= 11 is 6.15. The van der Waals surface area contributed by atoms with E-state index in [9.17, 15) is 0 Å². The summed E-state index contributed by atoms with van der Waals surface area (Å²) < 4.78 is 7.08. The van der Waals surface area contributed by atoms with Crippen molar-refractivity contribution < 1.29 is 4.74 Å². The summed E-state index contributed by atoms with van der Waals surface area (Å²) in [6.07, 6.45) is 1.58. The molecule has 1 aromatic heterocycles. The Bertz CT molecular complexity index is 338. The first-order chi connectivity index (χ1) is 7.56. The molecular weight excluding hydrogens is 226 g/mol. The fraction of sp³-hybridized carbons (Fsp3) is 0.727. The van der Waals surface area contributed by atoms with E-state index in [-0.39, 0.29) is 6.04 Å². The largest absolute Gasteiger partial charge is 0.382 e. The summed E-state index contributed by atoms with van der Waals surface area (Å²) in [5.41, 5.74) is 7.87. The van der Waals surface area contributed by atoms with Crippen LogP contribution in [0.1, 0.15) is 24.7 Å². The Labute approximate surface area is 102 Å². The highest BCUT2D eigenvalue weighted by atomic mass is 35.5. The van der Waals surface area contributed by atoms with Crippen LogP contribution in [0.3, 0.4) is 0 Å². The van der Waals surface area contributed by atoms with Gasteiger partial charge in [0.25, 0.3) is 0 Å². The average Bonchev–Trinajstić information content (AvgIpc) is 2.46. The van der Waals surface area contributed by atoms with E-state index in [2.05, 4.69) is 5.10 Å². The molecule has 1 atom stereocenters. The minimum Gasteiger partial charge on any atom is -0.382 e. The van der Waals surface area contributed by atoms with Gasteiger partial charge in [-0.25, -0.2) is 0 Å². The monoisotopic (exact) mass is 245 g/mol. The number of rotatable bonds is 6. The van der Waals surface area contributed by atoms with E-state index in [1.165, 1.54) is 0 Å². The molecule has 1 aromatic rings. The summed E-state index contributed by atoms with van der Waals surface area (Å²) in [5, 5.41) is 4.99. The number of aromatic nitrogens is 2. The summed E-state index contributed by atoms with van der Waals surface area (Å²) in [7, 11) is 1.89. The maximum absolute atomic E-state index is 6.15. The highest BCUT2D eigenvalue weighted by Gasteiger charge is 2.14. The van der Waals surface area contributed by atoms with Crippen LogP contribution in [-0.4, -0.2) is 29.0 Å². The van der Waals surface area contributed by atoms with E-state index in [4.69, 9.17) is 22.1 Å². The lowest BCUT2D eigenvalue weighted by Gasteiger charge is -2.11. The molecule has 0 aliphatic carbocycles. The number of aryl methyl sites for hydroxylation is 2. The van der Waals surface area contributed by atoms with Gasteiger partial charge in [0, 0.05) is 32.7 Å². The van der Waals surface area contributed by atoms with Gasteiger partial charge in [0.1, 0.15) is 0 Å². The first-order valence-electron chi connectivity index (χ1n) is 5.57. The number of ether oxygens (including phenoxy) is 1. The Morgan fingerprint density at radius 1 is 1.56 bits per heavy atom. The van der Waals surface area contributed by atoms with Gasteiger partial charge in [0.05, 0.1) is 16.4 Å². The Balaban J connectivity index is 2.52. The molecule has 5 heteroatoms. The lowest BCUT2D eigenvalue weighted by atomic mass is 10.1. The summed E-state index contributed by atoms with van der Waals surface area (Å²) in [6, 6.07) is 0.0684. The molecule has 4 nitrogen and oxygen atoms in total. The normalized spacial score (nSPS) is 13.1. The first kappa shape index (κ1) is 13.5. The van der Waals surface area contributed by atoms with Crippen LogP contribution in [0.4, 0.5) is 0 Å². The zero-order chi connectivity index (χ0) is 12.1. The summed E-state index contributed by atoms with van der Waals surface area (Å²) in [4.78, 5) is 0. The number of nitrogens with two attached hydrogens (primary N) is 1. The maximum Gasteiger partial charge on any atom is 0.0847 e. The van der Waals surface area contributed by atoms with Crippen molar-refractivity contribution in [3.8, 4) is 0 Å². The fourth-order valence-electron chi connectivity index (χ4n) is 1.63. The Morgan fingerprint density at radius 2 is 2.25 bits per heavy atom. The van der Waals surface area contributed by atoms with E-state index in [1.54, 1.807) is 4.68 Å². The quantitative estimate of drug-likeness (QED) is 0.776. The van der Waals surface area contributed by atoms with Crippen molar-refractivity contribution in [2.45, 2.75) is 32.7 Å². The van der Waals surface area contributed by atoms with Crippen molar-refractivity contribution in [3.63, 3.8) is 0 Å². The van der Waals surface area contributed by atoms with Crippen LogP contribution in [0.2, 0.25) is 5.02 Å². The molecular formula is C11H20ClN3O. The van der Waals surface area contributed by atoms with Crippen LogP contribution in [0.15, 0.2) is 0 Å². The molecule has 0 fully saturated rings. The molecule has 0 aliphatic rings. The lowest BCUT2D eigenvalue weighted by Crippen LogP contribution is -2.26. The van der Waals surface area contributed by atoms with E-state index in [1.807, 2.05) is 20.9 Å². The zero-order valence-corrected chi connectivity index (χ0v) is 10.9. The predicted molar refractivity (Wildman–Crippen MR) is 65.7 cm³/mol. The molecule has 0 spiro atoms. The Kier molecular flexibility index (Phi) is 5.25. The second kappa shape index (κ2) is 6.23. The van der Waals surface area contributed by atoms with Crippen LogP contribution in [-0.2, 0) is 18.2 Å². The third kappa shape index (κ3) is 3.47. The topological polar surface area (TPSA) is 53.1 Å². The Hall–Kier alpha value is -0.580. The third-order valence-corrected chi connectivity index (χ3v) is 3.05. The van der Waals surface area contributed by atoms with E-state index in [0.717, 1.165) is 35.9 Å². The van der Waals surface area contributed by atoms with Gasteiger partial charge in [-0.15, -0.1) is 0 Å². The Morgan fingerprint density at radius 3 is 2.75 bits per heavy atom. The summed E-state index contributed by atoms with van der Waals surface area (Å²) in [5.74, 6) is 0. The van der Waals surface area contributed by atoms with E-state index in [0.29, 0.717) is 6.61 Å². The SMILES string of the molecule is CCOCCC(N)Cc1c(Cl)c(C)nn1C. The van der Waals surface area contributed by atoms with Crippen LogP contribution in [0, 0.1) is 6.92 Å². The molecule has 0 aliphatic heterocycles. The van der Waals surface area contributed by atoms with Gasteiger partial charge in [-0.1, -0.05) is 11.6 Å². The second-order valence-electron chi connectivity index (χ2n) is 3.92. The molecule has 16 heavy (non-hydrogen) atoms. The van der Waals surface area contributed by atoms with Crippen molar-refractivity contribution in [2.75, 3.05) is 13.2 Å². The van der Waals surface area contributed by atoms with Crippen molar-refractivity contribution in [2.24, 2.45) is 12.8 Å². The molecule has 0 bridgehead atoms. The van der Waals surface area contributed by atoms with Gasteiger partial charge >= 0.3 is 0 Å². The van der Waals surface area contributed by atoms with Gasteiger partial charge < -0.3 is 10.5 Å². The predicted octanol–water partition coefficient (Wildman–Crippen LogP) is 1.68. The molecule has 0 saturated heterocycles. The zero-order valence-electron chi connectivity index (χ0n) is 10.2. The average molecular weight is 246 g/mol. The second-order valence-corrected chi connectivity index (χ2v) is 4.30. The smallest absolute Gasteiger partial charge is 0.0847 e. The minimum atomic E-state index is 0.0684. The van der Waals surface area contributed by atoms with Gasteiger partial charge in [0.2, 0.25) is 0 Å². The number of halogens is 1. The highest BCUT2D eigenvalue weighted by molar-refractivity contribution is 6.31. The van der Waals surface area contributed by atoms with Crippen LogP contribution in [0.5, 0.6) is 0 Å². The molecule has 92 valence electrons. The molecule has 1 unspecified atom stereocenters. The van der Waals surface area contributed by atoms with Crippen molar-refractivity contribution in [3.05, 3.63) is 16.4 Å². The summed E-state index contributed by atoms with van der Waals surface area (Å²) in [6.45, 7) is 5.31. The van der Waals surface area contributed by atoms with Crippen LogP contribution in [0.25, 0.3) is 0 Å². The molecule has 0 aromatic carbocycles. The lowest BCUT2D eigenvalue weighted by molar-refractivity contribution is 0.139. The van der Waals surface area contributed by atoms with E-state index < -0.39 is 0 Å². The molecule has 2 N–H and O–H groups in total.